The van der Waals surface area contributed by atoms with Crippen LogP contribution in [0.1, 0.15) is 49.9 Å². The number of fused-ring (bicyclic) bond motifs is 1. The first-order valence-electron chi connectivity index (χ1n) is 7.25. The van der Waals surface area contributed by atoms with Crippen molar-refractivity contribution < 1.29 is 9.59 Å². The molecule has 1 aliphatic rings. The lowest BCUT2D eigenvalue weighted by molar-refractivity contribution is 0.0852. The molecule has 21 heavy (non-hydrogen) atoms. The van der Waals surface area contributed by atoms with Crippen LogP contribution in [-0.4, -0.2) is 11.6 Å². The Morgan fingerprint density at radius 3 is 2.43 bits per heavy atom. The second kappa shape index (κ2) is 4.96. The Bertz CT molecular complexity index is 756. The highest BCUT2D eigenvalue weighted by Gasteiger charge is 2.34. The number of carbonyl (C=O) groups is 2. The fourth-order valence-electron chi connectivity index (χ4n) is 2.93. The topological polar surface area (TPSA) is 34.1 Å². The first-order chi connectivity index (χ1) is 9.99. The Morgan fingerprint density at radius 2 is 1.67 bits per heavy atom. The molecule has 0 N–H and O–H groups in total. The number of ketones is 2. The molecule has 0 aliphatic heterocycles. The van der Waals surface area contributed by atoms with Gasteiger partial charge in [0.05, 0.1) is 5.92 Å². The van der Waals surface area contributed by atoms with Gasteiger partial charge < -0.3 is 0 Å². The SMILES string of the molecule is Cc1cccc(Cc2ccc3c(c2)C(=O)C(C)C3=O)c1C. The first kappa shape index (κ1) is 13.7. The molecule has 0 amide bonds. The summed E-state index contributed by atoms with van der Waals surface area (Å²) in [7, 11) is 0. The molecule has 0 spiro atoms. The second-order valence-electron chi connectivity index (χ2n) is 5.87. The monoisotopic (exact) mass is 278 g/mol. The van der Waals surface area contributed by atoms with E-state index in [0.29, 0.717) is 11.1 Å². The minimum Gasteiger partial charge on any atom is -0.293 e. The minimum atomic E-state index is -0.518. The van der Waals surface area contributed by atoms with Crippen LogP contribution in [0.25, 0.3) is 0 Å². The van der Waals surface area contributed by atoms with Gasteiger partial charge in [-0.3, -0.25) is 9.59 Å². The molecule has 0 heterocycles. The van der Waals surface area contributed by atoms with E-state index < -0.39 is 5.92 Å². The highest BCUT2D eigenvalue weighted by atomic mass is 16.2. The van der Waals surface area contributed by atoms with Gasteiger partial charge in [0.15, 0.2) is 11.6 Å². The van der Waals surface area contributed by atoms with Gasteiger partial charge in [-0.1, -0.05) is 30.3 Å². The molecule has 1 aliphatic carbocycles. The van der Waals surface area contributed by atoms with E-state index in [1.54, 1.807) is 13.0 Å². The lowest BCUT2D eigenvalue weighted by atomic mass is 9.95. The summed E-state index contributed by atoms with van der Waals surface area (Å²) in [6.07, 6.45) is 0.788. The van der Waals surface area contributed by atoms with Crippen LogP contribution >= 0.6 is 0 Å². The number of hydrogen-bond acceptors (Lipinski definition) is 2. The minimum absolute atomic E-state index is 0.0437. The lowest BCUT2D eigenvalue weighted by Crippen LogP contribution is -2.09. The molecule has 1 unspecified atom stereocenters. The number of carbonyl (C=O) groups excluding carboxylic acids is 2. The molecular formula is C19H18O2. The van der Waals surface area contributed by atoms with Crippen molar-refractivity contribution in [3.05, 3.63) is 69.8 Å². The third kappa shape index (κ3) is 2.21. The molecule has 106 valence electrons. The first-order valence-corrected chi connectivity index (χ1v) is 7.25. The van der Waals surface area contributed by atoms with Crippen LogP contribution in [0.3, 0.4) is 0 Å². The molecular weight excluding hydrogens is 260 g/mol. The summed E-state index contributed by atoms with van der Waals surface area (Å²) in [4.78, 5) is 24.1. The summed E-state index contributed by atoms with van der Waals surface area (Å²) in [6, 6.07) is 11.9. The number of hydrogen-bond donors (Lipinski definition) is 0. The van der Waals surface area contributed by atoms with Gasteiger partial charge >= 0.3 is 0 Å². The molecule has 2 aromatic rings. The third-order valence-electron chi connectivity index (χ3n) is 4.51. The summed E-state index contributed by atoms with van der Waals surface area (Å²) in [5.41, 5.74) is 6.08. The van der Waals surface area contributed by atoms with Gasteiger partial charge in [-0.05, 0) is 55.5 Å². The number of benzene rings is 2. The largest absolute Gasteiger partial charge is 0.293 e. The van der Waals surface area contributed by atoms with Crippen molar-refractivity contribution >= 4 is 11.6 Å². The van der Waals surface area contributed by atoms with Crippen molar-refractivity contribution in [3.63, 3.8) is 0 Å². The molecule has 2 nitrogen and oxygen atoms in total. The van der Waals surface area contributed by atoms with E-state index >= 15 is 0 Å². The van der Waals surface area contributed by atoms with E-state index in [0.717, 1.165) is 12.0 Å². The molecule has 1 atom stereocenters. The van der Waals surface area contributed by atoms with Crippen LogP contribution in [0.15, 0.2) is 36.4 Å². The van der Waals surface area contributed by atoms with Gasteiger partial charge in [0.1, 0.15) is 0 Å². The summed E-state index contributed by atoms with van der Waals surface area (Å²) >= 11 is 0. The zero-order valence-electron chi connectivity index (χ0n) is 12.6. The van der Waals surface area contributed by atoms with E-state index in [4.69, 9.17) is 0 Å². The van der Waals surface area contributed by atoms with E-state index in [9.17, 15) is 9.59 Å². The average Bonchev–Trinajstić information content (AvgIpc) is 2.69. The standard InChI is InChI=1S/C19H18O2/c1-11-5-4-6-15(12(11)2)9-14-7-8-16-17(10-14)19(21)13(3)18(16)20/h4-8,10,13H,9H2,1-3H3. The van der Waals surface area contributed by atoms with E-state index in [1.165, 1.54) is 16.7 Å². The highest BCUT2D eigenvalue weighted by molar-refractivity contribution is 6.26. The Balaban J connectivity index is 1.98. The zero-order chi connectivity index (χ0) is 15.1. The summed E-state index contributed by atoms with van der Waals surface area (Å²) in [5.74, 6) is -0.609. The van der Waals surface area contributed by atoms with Crippen molar-refractivity contribution in [3.8, 4) is 0 Å². The predicted octanol–water partition coefficient (Wildman–Crippen LogP) is 3.91. The van der Waals surface area contributed by atoms with Gasteiger partial charge in [0.25, 0.3) is 0 Å². The lowest BCUT2D eigenvalue weighted by Gasteiger charge is -2.09. The van der Waals surface area contributed by atoms with Gasteiger partial charge in [-0.25, -0.2) is 0 Å². The van der Waals surface area contributed by atoms with E-state index in [2.05, 4.69) is 32.0 Å². The zero-order valence-corrected chi connectivity index (χ0v) is 12.6. The quantitative estimate of drug-likeness (QED) is 0.780. The molecule has 2 heteroatoms. The van der Waals surface area contributed by atoms with E-state index in [1.807, 2.05) is 12.1 Å². The van der Waals surface area contributed by atoms with Gasteiger partial charge in [0, 0.05) is 11.1 Å². The van der Waals surface area contributed by atoms with Crippen LogP contribution in [0.4, 0.5) is 0 Å². The normalized spacial score (nSPS) is 17.2. The Hall–Kier alpha value is -2.22. The number of aryl methyl sites for hydroxylation is 1. The molecule has 3 rings (SSSR count). The van der Waals surface area contributed by atoms with Crippen LogP contribution in [0.5, 0.6) is 0 Å². The predicted molar refractivity (Wildman–Crippen MR) is 83.0 cm³/mol. The number of rotatable bonds is 2. The summed E-state index contributed by atoms with van der Waals surface area (Å²) < 4.78 is 0. The summed E-state index contributed by atoms with van der Waals surface area (Å²) in [5, 5.41) is 0. The van der Waals surface area contributed by atoms with Crippen LogP contribution in [0.2, 0.25) is 0 Å². The van der Waals surface area contributed by atoms with Crippen molar-refractivity contribution in [2.75, 3.05) is 0 Å². The maximum atomic E-state index is 12.1. The number of Topliss-reactive ketones (excluding diaryl/α,β-unsaturated/α-hetero) is 2. The maximum Gasteiger partial charge on any atom is 0.174 e. The fraction of sp³-hybridized carbons (Fsp3) is 0.263. The van der Waals surface area contributed by atoms with Crippen LogP contribution < -0.4 is 0 Å². The van der Waals surface area contributed by atoms with Crippen molar-refractivity contribution in [1.82, 2.24) is 0 Å². The molecule has 0 saturated carbocycles. The maximum absolute atomic E-state index is 12.1. The molecule has 0 bridgehead atoms. The van der Waals surface area contributed by atoms with Crippen molar-refractivity contribution in [1.29, 1.82) is 0 Å². The van der Waals surface area contributed by atoms with Gasteiger partial charge in [0.2, 0.25) is 0 Å². The van der Waals surface area contributed by atoms with E-state index in [-0.39, 0.29) is 11.6 Å². The Kier molecular flexibility index (Phi) is 3.25. The molecule has 2 aromatic carbocycles. The third-order valence-corrected chi connectivity index (χ3v) is 4.51. The van der Waals surface area contributed by atoms with Crippen molar-refractivity contribution in [2.24, 2.45) is 5.92 Å². The highest BCUT2D eigenvalue weighted by Crippen LogP contribution is 2.28. The fourth-order valence-corrected chi connectivity index (χ4v) is 2.93. The Labute approximate surface area is 124 Å². The average molecular weight is 278 g/mol. The molecule has 0 fully saturated rings. The van der Waals surface area contributed by atoms with Gasteiger partial charge in [-0.2, -0.15) is 0 Å². The smallest absolute Gasteiger partial charge is 0.174 e. The van der Waals surface area contributed by atoms with Crippen molar-refractivity contribution in [2.45, 2.75) is 27.2 Å². The van der Waals surface area contributed by atoms with Crippen LogP contribution in [0, 0.1) is 19.8 Å². The van der Waals surface area contributed by atoms with Gasteiger partial charge in [-0.15, -0.1) is 0 Å². The Morgan fingerprint density at radius 1 is 0.952 bits per heavy atom. The summed E-state index contributed by atoms with van der Waals surface area (Å²) in [6.45, 7) is 5.91. The van der Waals surface area contributed by atoms with Crippen LogP contribution in [-0.2, 0) is 6.42 Å². The molecule has 0 radical (unpaired) electrons. The molecule has 0 saturated heterocycles. The molecule has 0 aromatic heterocycles. The second-order valence-corrected chi connectivity index (χ2v) is 5.87.